The highest BCUT2D eigenvalue weighted by atomic mass is 16.3. The van der Waals surface area contributed by atoms with Gasteiger partial charge in [0, 0.05) is 43.1 Å². The smallest absolute Gasteiger partial charge is 0.261 e. The van der Waals surface area contributed by atoms with Crippen molar-refractivity contribution in [1.82, 2.24) is 4.90 Å². The lowest BCUT2D eigenvalue weighted by atomic mass is 10.1. The fourth-order valence-corrected chi connectivity index (χ4v) is 3.86. The number of carbonyl (C=O) groups excluding carboxylic acids is 3. The number of amides is 2. The van der Waals surface area contributed by atoms with Crippen molar-refractivity contribution in [2.75, 3.05) is 36.4 Å². The Bertz CT molecular complexity index is 1200. The Kier molecular flexibility index (Phi) is 6.92. The topological polar surface area (TPSA) is 82.9 Å². The summed E-state index contributed by atoms with van der Waals surface area (Å²) in [7, 11) is 0. The molecule has 0 unspecified atom stereocenters. The standard InChI is InChI=1S/C27H27N3O4/c1-19-8-13-24(34-19)18-25(26(32)28-22-6-4-3-5-7-22)27(33)30-16-14-29(15-17-30)23-11-9-21(10-12-23)20(2)31/h3-13,18H,14-17H2,1-2H3,(H,28,32)/b25-18+. The number of piperazine rings is 1. The van der Waals surface area contributed by atoms with E-state index in [1.54, 1.807) is 36.1 Å². The van der Waals surface area contributed by atoms with Gasteiger partial charge in [-0.1, -0.05) is 18.2 Å². The second-order valence-corrected chi connectivity index (χ2v) is 8.21. The normalized spacial score (nSPS) is 14.1. The molecule has 174 valence electrons. The van der Waals surface area contributed by atoms with Crippen molar-refractivity contribution in [1.29, 1.82) is 0 Å². The zero-order chi connectivity index (χ0) is 24.1. The van der Waals surface area contributed by atoms with Crippen LogP contribution in [0.3, 0.4) is 0 Å². The second kappa shape index (κ2) is 10.2. The molecule has 0 radical (unpaired) electrons. The maximum Gasteiger partial charge on any atom is 0.261 e. The Hall–Kier alpha value is -4.13. The second-order valence-electron chi connectivity index (χ2n) is 8.21. The highest BCUT2D eigenvalue weighted by Gasteiger charge is 2.28. The molecule has 1 N–H and O–H groups in total. The Morgan fingerprint density at radius 2 is 1.56 bits per heavy atom. The molecular weight excluding hydrogens is 430 g/mol. The van der Waals surface area contributed by atoms with Crippen LogP contribution in [-0.2, 0) is 9.59 Å². The van der Waals surface area contributed by atoms with Crippen molar-refractivity contribution >= 4 is 35.0 Å². The Morgan fingerprint density at radius 3 is 2.15 bits per heavy atom. The van der Waals surface area contributed by atoms with Gasteiger partial charge in [0.15, 0.2) is 5.78 Å². The fourth-order valence-electron chi connectivity index (χ4n) is 3.86. The molecule has 34 heavy (non-hydrogen) atoms. The lowest BCUT2D eigenvalue weighted by Crippen LogP contribution is -2.50. The van der Waals surface area contributed by atoms with Crippen LogP contribution in [0.25, 0.3) is 6.08 Å². The van der Waals surface area contributed by atoms with E-state index >= 15 is 0 Å². The van der Waals surface area contributed by atoms with E-state index in [1.165, 1.54) is 6.08 Å². The lowest BCUT2D eigenvalue weighted by Gasteiger charge is -2.36. The van der Waals surface area contributed by atoms with Crippen molar-refractivity contribution in [3.63, 3.8) is 0 Å². The minimum atomic E-state index is -0.479. The van der Waals surface area contributed by atoms with Gasteiger partial charge in [-0.05, 0) is 68.5 Å². The molecule has 0 aliphatic carbocycles. The van der Waals surface area contributed by atoms with Gasteiger partial charge in [0.1, 0.15) is 17.1 Å². The van der Waals surface area contributed by atoms with E-state index in [0.29, 0.717) is 49.0 Å². The quantitative estimate of drug-likeness (QED) is 0.260. The fraction of sp³-hybridized carbons (Fsp3) is 0.222. The van der Waals surface area contributed by atoms with Crippen molar-refractivity contribution < 1.29 is 18.8 Å². The monoisotopic (exact) mass is 457 g/mol. The molecule has 7 nitrogen and oxygen atoms in total. The first-order chi connectivity index (χ1) is 16.4. The molecule has 4 rings (SSSR count). The summed E-state index contributed by atoms with van der Waals surface area (Å²) >= 11 is 0. The molecule has 0 bridgehead atoms. The molecule has 2 amide bonds. The van der Waals surface area contributed by atoms with Gasteiger partial charge in [-0.2, -0.15) is 0 Å². The SMILES string of the molecule is CC(=O)c1ccc(N2CCN(C(=O)/C(=C/c3ccc(C)o3)C(=O)Nc3ccccc3)CC2)cc1. The van der Waals surface area contributed by atoms with Gasteiger partial charge in [-0.15, -0.1) is 0 Å². The van der Waals surface area contributed by atoms with Crippen LogP contribution in [0.1, 0.15) is 28.8 Å². The molecule has 1 aromatic heterocycles. The third-order valence-electron chi connectivity index (χ3n) is 5.76. The zero-order valence-electron chi connectivity index (χ0n) is 19.3. The molecule has 0 atom stereocenters. The minimum absolute atomic E-state index is 0.0254. The summed E-state index contributed by atoms with van der Waals surface area (Å²) in [6.45, 7) is 5.55. The predicted octanol–water partition coefficient (Wildman–Crippen LogP) is 4.16. The number of nitrogens with zero attached hydrogens (tertiary/aromatic N) is 2. The summed E-state index contributed by atoms with van der Waals surface area (Å²) in [5.74, 6) is 0.363. The largest absolute Gasteiger partial charge is 0.462 e. The first-order valence-corrected chi connectivity index (χ1v) is 11.2. The first-order valence-electron chi connectivity index (χ1n) is 11.2. The number of ketones is 1. The van der Waals surface area contributed by atoms with E-state index in [2.05, 4.69) is 10.2 Å². The van der Waals surface area contributed by atoms with E-state index in [-0.39, 0.29) is 17.3 Å². The number of aryl methyl sites for hydroxylation is 1. The molecule has 1 saturated heterocycles. The minimum Gasteiger partial charge on any atom is -0.462 e. The molecule has 1 aliphatic rings. The van der Waals surface area contributed by atoms with Gasteiger partial charge in [-0.25, -0.2) is 0 Å². The summed E-state index contributed by atoms with van der Waals surface area (Å²) in [5, 5.41) is 2.80. The van der Waals surface area contributed by atoms with Crippen LogP contribution < -0.4 is 10.2 Å². The average molecular weight is 458 g/mol. The molecule has 7 heteroatoms. The number of hydrogen-bond acceptors (Lipinski definition) is 5. The number of para-hydroxylation sites is 1. The zero-order valence-corrected chi connectivity index (χ0v) is 19.3. The van der Waals surface area contributed by atoms with Crippen LogP contribution in [0.5, 0.6) is 0 Å². The summed E-state index contributed by atoms with van der Waals surface area (Å²) in [4.78, 5) is 41.8. The number of anilines is 2. The van der Waals surface area contributed by atoms with E-state index < -0.39 is 5.91 Å². The summed E-state index contributed by atoms with van der Waals surface area (Å²) in [6.07, 6.45) is 1.50. The van der Waals surface area contributed by atoms with Crippen LogP contribution >= 0.6 is 0 Å². The predicted molar refractivity (Wildman–Crippen MR) is 132 cm³/mol. The van der Waals surface area contributed by atoms with Crippen LogP contribution in [0.4, 0.5) is 11.4 Å². The number of benzene rings is 2. The number of carbonyl (C=O) groups is 3. The Morgan fingerprint density at radius 1 is 0.882 bits per heavy atom. The average Bonchev–Trinajstić information content (AvgIpc) is 3.27. The molecule has 0 saturated carbocycles. The van der Waals surface area contributed by atoms with Crippen molar-refractivity contribution in [3.8, 4) is 0 Å². The van der Waals surface area contributed by atoms with Crippen molar-refractivity contribution in [3.05, 3.63) is 89.4 Å². The van der Waals surface area contributed by atoms with Crippen molar-refractivity contribution in [2.45, 2.75) is 13.8 Å². The van der Waals surface area contributed by atoms with E-state index in [1.807, 2.05) is 49.4 Å². The summed E-state index contributed by atoms with van der Waals surface area (Å²) in [5.41, 5.74) is 2.31. The van der Waals surface area contributed by atoms with Crippen LogP contribution in [0.2, 0.25) is 0 Å². The summed E-state index contributed by atoms with van der Waals surface area (Å²) in [6, 6.07) is 20.0. The van der Waals surface area contributed by atoms with Crippen molar-refractivity contribution in [2.24, 2.45) is 0 Å². The van der Waals surface area contributed by atoms with E-state index in [4.69, 9.17) is 4.42 Å². The molecule has 0 spiro atoms. The van der Waals surface area contributed by atoms with E-state index in [0.717, 1.165) is 5.69 Å². The van der Waals surface area contributed by atoms with Gasteiger partial charge in [0.05, 0.1) is 0 Å². The number of furan rings is 1. The third-order valence-corrected chi connectivity index (χ3v) is 5.76. The van der Waals surface area contributed by atoms with Gasteiger partial charge in [0.25, 0.3) is 11.8 Å². The lowest BCUT2D eigenvalue weighted by molar-refractivity contribution is -0.129. The maximum atomic E-state index is 13.4. The number of nitrogens with one attached hydrogen (secondary N) is 1. The molecule has 3 aromatic rings. The van der Waals surface area contributed by atoms with Crippen LogP contribution in [0.15, 0.2) is 76.7 Å². The Balaban J connectivity index is 1.48. The third kappa shape index (κ3) is 5.43. The Labute approximate surface area is 198 Å². The van der Waals surface area contributed by atoms with Crippen LogP contribution in [-0.4, -0.2) is 48.7 Å². The molecule has 1 fully saturated rings. The highest BCUT2D eigenvalue weighted by molar-refractivity contribution is 6.25. The van der Waals surface area contributed by atoms with Gasteiger partial charge in [0.2, 0.25) is 0 Å². The summed E-state index contributed by atoms with van der Waals surface area (Å²) < 4.78 is 5.59. The molecular formula is C27H27N3O4. The first kappa shape index (κ1) is 23.0. The van der Waals surface area contributed by atoms with Gasteiger partial charge >= 0.3 is 0 Å². The maximum absolute atomic E-state index is 13.4. The number of rotatable bonds is 6. The highest BCUT2D eigenvalue weighted by Crippen LogP contribution is 2.20. The molecule has 1 aliphatic heterocycles. The van der Waals surface area contributed by atoms with Gasteiger partial charge in [-0.3, -0.25) is 14.4 Å². The van der Waals surface area contributed by atoms with E-state index in [9.17, 15) is 14.4 Å². The van der Waals surface area contributed by atoms with Crippen LogP contribution in [0, 0.1) is 6.92 Å². The number of Topliss-reactive ketones (excluding diaryl/α,β-unsaturated/α-hetero) is 1. The molecule has 2 heterocycles. The molecule has 2 aromatic carbocycles. The number of hydrogen-bond donors (Lipinski definition) is 1. The van der Waals surface area contributed by atoms with Gasteiger partial charge < -0.3 is 19.5 Å².